The Hall–Kier alpha value is -0.180. The first-order chi connectivity index (χ1) is 5.83. The van der Waals surface area contributed by atoms with Crippen molar-refractivity contribution in [1.29, 1.82) is 0 Å². The summed E-state index contributed by atoms with van der Waals surface area (Å²) in [6.45, 7) is 0.850. The summed E-state index contributed by atoms with van der Waals surface area (Å²) in [5, 5.41) is 2.88. The zero-order valence-corrected chi connectivity index (χ0v) is 8.28. The van der Waals surface area contributed by atoms with Crippen molar-refractivity contribution in [2.45, 2.75) is 32.1 Å². The molecule has 0 bridgehead atoms. The summed E-state index contributed by atoms with van der Waals surface area (Å²) in [6, 6.07) is 0. The van der Waals surface area contributed by atoms with Gasteiger partial charge in [0, 0.05) is 13.0 Å². The van der Waals surface area contributed by atoms with Crippen LogP contribution in [-0.4, -0.2) is 18.2 Å². The van der Waals surface area contributed by atoms with Gasteiger partial charge in [0.25, 0.3) is 0 Å². The summed E-state index contributed by atoms with van der Waals surface area (Å²) in [5.74, 6) is 1.77. The Morgan fingerprint density at radius 3 is 2.83 bits per heavy atom. The number of carbonyl (C=O) groups is 1. The first kappa shape index (κ1) is 9.90. The van der Waals surface area contributed by atoms with E-state index in [-0.39, 0.29) is 5.91 Å². The van der Waals surface area contributed by atoms with Gasteiger partial charge in [0.2, 0.25) is 5.91 Å². The minimum absolute atomic E-state index is 0.140. The fourth-order valence-electron chi connectivity index (χ4n) is 1.22. The predicted octanol–water partition coefficient (Wildman–Crippen LogP) is 1.61. The van der Waals surface area contributed by atoms with Gasteiger partial charge in [0.15, 0.2) is 0 Å². The molecule has 1 rings (SSSR count). The molecule has 3 heteroatoms. The molecule has 0 unspecified atom stereocenters. The highest BCUT2D eigenvalue weighted by Gasteiger charge is 2.19. The van der Waals surface area contributed by atoms with Crippen molar-refractivity contribution < 1.29 is 4.79 Å². The van der Waals surface area contributed by atoms with Crippen LogP contribution in [0.4, 0.5) is 0 Å². The summed E-state index contributed by atoms with van der Waals surface area (Å²) >= 11 is 3.99. The second-order valence-corrected chi connectivity index (χ2v) is 3.86. The molecular formula is C9H17NOS. The molecule has 0 aromatic carbocycles. The molecule has 0 aromatic rings. The summed E-state index contributed by atoms with van der Waals surface area (Å²) in [4.78, 5) is 10.9. The van der Waals surface area contributed by atoms with Crippen LogP contribution in [0, 0.1) is 5.92 Å². The summed E-state index contributed by atoms with van der Waals surface area (Å²) in [5.41, 5.74) is 0. The van der Waals surface area contributed by atoms with Crippen molar-refractivity contribution in [1.82, 2.24) is 5.32 Å². The van der Waals surface area contributed by atoms with Crippen LogP contribution >= 0.6 is 12.6 Å². The van der Waals surface area contributed by atoms with Crippen molar-refractivity contribution in [2.75, 3.05) is 12.3 Å². The van der Waals surface area contributed by atoms with E-state index < -0.39 is 0 Å². The van der Waals surface area contributed by atoms with E-state index in [0.29, 0.717) is 12.2 Å². The van der Waals surface area contributed by atoms with Gasteiger partial charge in [0.05, 0.1) is 0 Å². The van der Waals surface area contributed by atoms with Gasteiger partial charge in [-0.2, -0.15) is 12.6 Å². The highest BCUT2D eigenvalue weighted by atomic mass is 32.1. The minimum atomic E-state index is 0.140. The van der Waals surface area contributed by atoms with Gasteiger partial charge in [-0.15, -0.1) is 0 Å². The van der Waals surface area contributed by atoms with Crippen LogP contribution in [0.25, 0.3) is 0 Å². The lowest BCUT2D eigenvalue weighted by atomic mass is 10.2. The molecule has 1 saturated carbocycles. The van der Waals surface area contributed by atoms with E-state index in [9.17, 15) is 4.79 Å². The molecule has 0 atom stereocenters. The van der Waals surface area contributed by atoms with Crippen LogP contribution in [0.1, 0.15) is 32.1 Å². The van der Waals surface area contributed by atoms with Crippen LogP contribution < -0.4 is 5.32 Å². The van der Waals surface area contributed by atoms with E-state index in [2.05, 4.69) is 17.9 Å². The fraction of sp³-hybridized carbons (Fsp3) is 0.889. The Kier molecular flexibility index (Phi) is 4.51. The monoisotopic (exact) mass is 187 g/mol. The Morgan fingerprint density at radius 2 is 2.25 bits per heavy atom. The van der Waals surface area contributed by atoms with E-state index in [0.717, 1.165) is 18.9 Å². The highest BCUT2D eigenvalue weighted by Crippen LogP contribution is 2.33. The second-order valence-electron chi connectivity index (χ2n) is 3.41. The lowest BCUT2D eigenvalue weighted by Crippen LogP contribution is -2.24. The number of nitrogens with one attached hydrogen (secondary N) is 1. The molecule has 0 heterocycles. The Balaban J connectivity index is 1.83. The number of thiol groups is 1. The van der Waals surface area contributed by atoms with Gasteiger partial charge < -0.3 is 5.32 Å². The quantitative estimate of drug-likeness (QED) is 0.480. The molecule has 12 heavy (non-hydrogen) atoms. The number of amides is 1. The second kappa shape index (κ2) is 5.46. The molecule has 2 nitrogen and oxygen atoms in total. The normalized spacial score (nSPS) is 16.1. The lowest BCUT2D eigenvalue weighted by molar-refractivity contribution is -0.120. The van der Waals surface area contributed by atoms with Crippen molar-refractivity contribution in [3.05, 3.63) is 0 Å². The zero-order chi connectivity index (χ0) is 8.81. The first-order valence-corrected chi connectivity index (χ1v) is 5.33. The topological polar surface area (TPSA) is 29.1 Å². The maximum Gasteiger partial charge on any atom is 0.220 e. The summed E-state index contributed by atoms with van der Waals surface area (Å²) < 4.78 is 0. The molecule has 1 amide bonds. The van der Waals surface area contributed by atoms with Gasteiger partial charge >= 0.3 is 0 Å². The van der Waals surface area contributed by atoms with Crippen LogP contribution in [-0.2, 0) is 4.79 Å². The largest absolute Gasteiger partial charge is 0.356 e. The smallest absolute Gasteiger partial charge is 0.220 e. The van der Waals surface area contributed by atoms with Crippen molar-refractivity contribution in [3.8, 4) is 0 Å². The summed E-state index contributed by atoms with van der Waals surface area (Å²) in [6.07, 6.45) is 5.80. The molecule has 1 N–H and O–H groups in total. The molecule has 0 saturated heterocycles. The third kappa shape index (κ3) is 4.65. The van der Waals surface area contributed by atoms with Crippen LogP contribution in [0.5, 0.6) is 0 Å². The first-order valence-electron chi connectivity index (χ1n) is 4.70. The lowest BCUT2D eigenvalue weighted by Gasteiger charge is -2.02. The SMILES string of the molecule is O=C(CCS)NCCCC1CC1. The molecule has 0 spiro atoms. The van der Waals surface area contributed by atoms with Gasteiger partial charge in [-0.05, 0) is 24.5 Å². The van der Waals surface area contributed by atoms with Crippen molar-refractivity contribution >= 4 is 18.5 Å². The molecule has 0 radical (unpaired) electrons. The van der Waals surface area contributed by atoms with Gasteiger partial charge in [0.1, 0.15) is 0 Å². The number of rotatable bonds is 6. The van der Waals surface area contributed by atoms with E-state index >= 15 is 0 Å². The van der Waals surface area contributed by atoms with Crippen molar-refractivity contribution in [3.63, 3.8) is 0 Å². The zero-order valence-electron chi connectivity index (χ0n) is 7.38. The standard InChI is InChI=1S/C9H17NOS/c11-9(5-7-12)10-6-1-2-8-3-4-8/h8,12H,1-7H2,(H,10,11). The minimum Gasteiger partial charge on any atom is -0.356 e. The number of hydrogen-bond donors (Lipinski definition) is 2. The molecule has 70 valence electrons. The van der Waals surface area contributed by atoms with Gasteiger partial charge in [-0.1, -0.05) is 12.8 Å². The number of hydrogen-bond acceptors (Lipinski definition) is 2. The fourth-order valence-corrected chi connectivity index (χ4v) is 1.42. The average molecular weight is 187 g/mol. The van der Waals surface area contributed by atoms with Gasteiger partial charge in [-0.25, -0.2) is 0 Å². The molecule has 1 aliphatic carbocycles. The predicted molar refractivity (Wildman–Crippen MR) is 53.4 cm³/mol. The maximum atomic E-state index is 10.9. The number of carbonyl (C=O) groups excluding carboxylic acids is 1. The van der Waals surface area contributed by atoms with E-state index in [1.54, 1.807) is 0 Å². The Labute approximate surface area is 79.5 Å². The van der Waals surface area contributed by atoms with E-state index in [1.165, 1.54) is 19.3 Å². The molecular weight excluding hydrogens is 170 g/mol. The molecule has 1 aliphatic rings. The highest BCUT2D eigenvalue weighted by molar-refractivity contribution is 7.80. The van der Waals surface area contributed by atoms with E-state index in [4.69, 9.17) is 0 Å². The third-order valence-corrected chi connectivity index (χ3v) is 2.37. The summed E-state index contributed by atoms with van der Waals surface area (Å²) in [7, 11) is 0. The van der Waals surface area contributed by atoms with Crippen LogP contribution in [0.15, 0.2) is 0 Å². The van der Waals surface area contributed by atoms with Crippen LogP contribution in [0.3, 0.4) is 0 Å². The maximum absolute atomic E-state index is 10.9. The average Bonchev–Trinajstić information content (AvgIpc) is 2.82. The Bertz CT molecular complexity index is 145. The molecule has 1 fully saturated rings. The van der Waals surface area contributed by atoms with Crippen LogP contribution in [0.2, 0.25) is 0 Å². The third-order valence-electron chi connectivity index (χ3n) is 2.15. The Morgan fingerprint density at radius 1 is 1.50 bits per heavy atom. The van der Waals surface area contributed by atoms with Gasteiger partial charge in [-0.3, -0.25) is 4.79 Å². The van der Waals surface area contributed by atoms with Crippen molar-refractivity contribution in [2.24, 2.45) is 5.92 Å². The molecule has 0 aromatic heterocycles. The molecule has 0 aliphatic heterocycles. The van der Waals surface area contributed by atoms with E-state index in [1.807, 2.05) is 0 Å².